The van der Waals surface area contributed by atoms with Gasteiger partial charge in [-0.3, -0.25) is 14.4 Å². The Morgan fingerprint density at radius 3 is 2.67 bits per heavy atom. The van der Waals surface area contributed by atoms with Crippen molar-refractivity contribution < 1.29 is 14.4 Å². The number of halogens is 1. The molecule has 1 aliphatic rings. The molecule has 0 bridgehead atoms. The van der Waals surface area contributed by atoms with Crippen LogP contribution in [0.15, 0.2) is 29.3 Å². The maximum atomic E-state index is 12.8. The molecule has 1 N–H and O–H groups in total. The zero-order valence-electron chi connectivity index (χ0n) is 13.8. The number of anilines is 1. The molecule has 3 amide bonds. The Morgan fingerprint density at radius 2 is 2.04 bits per heavy atom. The molecule has 0 fully saturated rings. The summed E-state index contributed by atoms with van der Waals surface area (Å²) in [5.74, 6) is -0.430. The van der Waals surface area contributed by atoms with E-state index in [-0.39, 0.29) is 30.8 Å². The van der Waals surface area contributed by atoms with E-state index in [4.69, 9.17) is 0 Å². The third kappa shape index (κ3) is 4.03. The van der Waals surface area contributed by atoms with Crippen molar-refractivity contribution in [3.05, 3.63) is 40.4 Å². The quantitative estimate of drug-likeness (QED) is 0.827. The lowest BCUT2D eigenvalue weighted by atomic mass is 9.98. The van der Waals surface area contributed by atoms with Crippen LogP contribution in [0.1, 0.15) is 22.3 Å². The third-order valence-corrected chi connectivity index (χ3v) is 4.18. The smallest absolute Gasteiger partial charge is 0.254 e. The van der Waals surface area contributed by atoms with E-state index in [1.165, 1.54) is 11.9 Å². The number of nitrogens with one attached hydrogen (secondary N) is 1. The van der Waals surface area contributed by atoms with Gasteiger partial charge in [0, 0.05) is 36.2 Å². The van der Waals surface area contributed by atoms with Gasteiger partial charge in [0.05, 0.1) is 6.54 Å². The number of nitrogens with zero attached hydrogens (tertiary/aromatic N) is 2. The first-order chi connectivity index (χ1) is 11.3. The van der Waals surface area contributed by atoms with Crippen LogP contribution in [0.5, 0.6) is 0 Å². The molecule has 0 unspecified atom stereocenters. The number of amides is 3. The second-order valence-electron chi connectivity index (χ2n) is 5.65. The van der Waals surface area contributed by atoms with E-state index in [2.05, 4.69) is 27.8 Å². The lowest BCUT2D eigenvalue weighted by Gasteiger charge is -2.27. The highest BCUT2D eigenvalue weighted by molar-refractivity contribution is 9.11. The Labute approximate surface area is 149 Å². The van der Waals surface area contributed by atoms with Crippen molar-refractivity contribution in [2.24, 2.45) is 0 Å². The molecule has 0 saturated carbocycles. The Kier molecular flexibility index (Phi) is 5.77. The van der Waals surface area contributed by atoms with E-state index >= 15 is 0 Å². The summed E-state index contributed by atoms with van der Waals surface area (Å²) in [4.78, 5) is 39.2. The molecule has 128 valence electrons. The summed E-state index contributed by atoms with van der Waals surface area (Å²) in [5.41, 5.74) is 2.28. The second-order valence-corrected chi connectivity index (χ2v) is 6.77. The van der Waals surface area contributed by atoms with Gasteiger partial charge in [-0.15, -0.1) is 0 Å². The van der Waals surface area contributed by atoms with Gasteiger partial charge >= 0.3 is 0 Å². The topological polar surface area (TPSA) is 69.7 Å². The molecule has 0 radical (unpaired) electrons. The molecule has 6 nitrogen and oxygen atoms in total. The molecule has 1 aromatic rings. The lowest BCUT2D eigenvalue weighted by molar-refractivity contribution is -0.121. The Balaban J connectivity index is 2.28. The fourth-order valence-electron chi connectivity index (χ4n) is 2.63. The average molecular weight is 394 g/mol. The van der Waals surface area contributed by atoms with Gasteiger partial charge in [-0.2, -0.15) is 0 Å². The number of carbonyl (C=O) groups excluding carboxylic acids is 3. The highest BCUT2D eigenvalue weighted by Gasteiger charge is 2.24. The van der Waals surface area contributed by atoms with Crippen LogP contribution in [0.4, 0.5) is 5.69 Å². The van der Waals surface area contributed by atoms with Gasteiger partial charge in [0.2, 0.25) is 11.8 Å². The second kappa shape index (κ2) is 7.61. The van der Waals surface area contributed by atoms with Crippen LogP contribution < -0.4 is 10.2 Å². The first kappa shape index (κ1) is 18.2. The van der Waals surface area contributed by atoms with E-state index in [0.717, 1.165) is 11.3 Å². The predicted octanol–water partition coefficient (Wildman–Crippen LogP) is 1.69. The molecule has 0 aromatic heterocycles. The number of carbonyl (C=O) groups is 3. The maximum Gasteiger partial charge on any atom is 0.254 e. The van der Waals surface area contributed by atoms with Crippen LogP contribution >= 0.6 is 15.9 Å². The van der Waals surface area contributed by atoms with Crippen molar-refractivity contribution in [1.82, 2.24) is 10.2 Å². The molecule has 2 rings (SSSR count). The number of likely N-dealkylation sites (N-methyl/N-ethyl adjacent to an activating group) is 1. The van der Waals surface area contributed by atoms with Crippen LogP contribution in [-0.2, 0) is 16.0 Å². The summed E-state index contributed by atoms with van der Waals surface area (Å²) < 4.78 is 0.614. The number of benzene rings is 1. The van der Waals surface area contributed by atoms with Crippen LogP contribution in [0.3, 0.4) is 0 Å². The molecule has 7 heteroatoms. The van der Waals surface area contributed by atoms with Crippen molar-refractivity contribution in [1.29, 1.82) is 0 Å². The number of hydrogen-bond acceptors (Lipinski definition) is 3. The summed E-state index contributed by atoms with van der Waals surface area (Å²) in [7, 11) is 3.26. The van der Waals surface area contributed by atoms with Crippen LogP contribution in [0.25, 0.3) is 0 Å². The van der Waals surface area contributed by atoms with Gasteiger partial charge in [0.25, 0.3) is 5.91 Å². The van der Waals surface area contributed by atoms with Gasteiger partial charge in [-0.25, -0.2) is 0 Å². The maximum absolute atomic E-state index is 12.8. The number of aryl methyl sites for hydroxylation is 1. The monoisotopic (exact) mass is 393 g/mol. The Bertz CT molecular complexity index is 702. The Morgan fingerprint density at radius 1 is 1.33 bits per heavy atom. The summed E-state index contributed by atoms with van der Waals surface area (Å²) in [6.07, 6.45) is 1.04. The summed E-state index contributed by atoms with van der Waals surface area (Å²) >= 11 is 3.24. The normalized spacial score (nSPS) is 13.3. The molecule has 0 atom stereocenters. The average Bonchev–Trinajstić information content (AvgIpc) is 2.56. The van der Waals surface area contributed by atoms with Gasteiger partial charge in [-0.05, 0) is 30.2 Å². The standard InChI is InChI=1S/C17H20BrN3O3/c1-11(18)9-21(10-15(22)19-2)17(24)13-4-6-14-12(8-13)5-7-16(23)20(14)3/h4,6,8H,1,5,7,9-10H2,2-3H3,(H,19,22). The lowest BCUT2D eigenvalue weighted by Crippen LogP contribution is -2.40. The summed E-state index contributed by atoms with van der Waals surface area (Å²) in [6.45, 7) is 3.93. The van der Waals surface area contributed by atoms with Crippen LogP contribution in [0, 0.1) is 0 Å². The molecule has 0 saturated heterocycles. The number of rotatable bonds is 5. The molecule has 1 aliphatic heterocycles. The highest BCUT2D eigenvalue weighted by atomic mass is 79.9. The largest absolute Gasteiger partial charge is 0.358 e. The molecule has 1 aromatic carbocycles. The van der Waals surface area contributed by atoms with Crippen LogP contribution in [0.2, 0.25) is 0 Å². The third-order valence-electron chi connectivity index (χ3n) is 3.93. The zero-order chi connectivity index (χ0) is 17.9. The van der Waals surface area contributed by atoms with E-state index in [1.54, 1.807) is 30.1 Å². The zero-order valence-corrected chi connectivity index (χ0v) is 15.4. The highest BCUT2D eigenvalue weighted by Crippen LogP contribution is 2.28. The van der Waals surface area contributed by atoms with E-state index in [0.29, 0.717) is 22.9 Å². The SMILES string of the molecule is C=C(Br)CN(CC(=O)NC)C(=O)c1ccc2c(c1)CCC(=O)N2C. The minimum absolute atomic E-state index is 0.0462. The summed E-state index contributed by atoms with van der Waals surface area (Å²) in [5, 5.41) is 2.51. The first-order valence-corrected chi connectivity index (χ1v) is 8.35. The van der Waals surface area contributed by atoms with Crippen LogP contribution in [-0.4, -0.2) is 49.8 Å². The minimum Gasteiger partial charge on any atom is -0.358 e. The van der Waals surface area contributed by atoms with E-state index < -0.39 is 0 Å². The van der Waals surface area contributed by atoms with Crippen molar-refractivity contribution in [2.75, 3.05) is 32.1 Å². The van der Waals surface area contributed by atoms with Gasteiger partial charge in [-0.1, -0.05) is 22.5 Å². The molecular formula is C17H20BrN3O3. The van der Waals surface area contributed by atoms with Gasteiger partial charge in [0.1, 0.15) is 6.54 Å². The fourth-order valence-corrected chi connectivity index (χ4v) is 2.93. The van der Waals surface area contributed by atoms with E-state index in [9.17, 15) is 14.4 Å². The number of fused-ring (bicyclic) bond motifs is 1. The van der Waals surface area contributed by atoms with E-state index in [1.807, 2.05) is 0 Å². The van der Waals surface area contributed by atoms with Gasteiger partial charge in [0.15, 0.2) is 0 Å². The predicted molar refractivity (Wildman–Crippen MR) is 96.2 cm³/mol. The molecule has 24 heavy (non-hydrogen) atoms. The molecule has 0 aliphatic carbocycles. The number of hydrogen-bond donors (Lipinski definition) is 1. The summed E-state index contributed by atoms with van der Waals surface area (Å²) in [6, 6.07) is 5.26. The molecule has 1 heterocycles. The molecular weight excluding hydrogens is 374 g/mol. The van der Waals surface area contributed by atoms with Crippen molar-refractivity contribution in [3.63, 3.8) is 0 Å². The molecule has 0 spiro atoms. The Hall–Kier alpha value is -2.15. The van der Waals surface area contributed by atoms with Crippen molar-refractivity contribution in [3.8, 4) is 0 Å². The van der Waals surface area contributed by atoms with Gasteiger partial charge < -0.3 is 15.1 Å². The van der Waals surface area contributed by atoms with Crippen molar-refractivity contribution >= 4 is 39.3 Å². The first-order valence-electron chi connectivity index (χ1n) is 7.56. The van der Waals surface area contributed by atoms with Crippen molar-refractivity contribution in [2.45, 2.75) is 12.8 Å². The fraction of sp³-hybridized carbons (Fsp3) is 0.353. The minimum atomic E-state index is -0.250.